The van der Waals surface area contributed by atoms with Gasteiger partial charge >= 0.3 is 0 Å². The van der Waals surface area contributed by atoms with Crippen LogP contribution in [-0.4, -0.2) is 11.1 Å². The third kappa shape index (κ3) is 3.68. The van der Waals surface area contributed by atoms with Crippen LogP contribution in [0.3, 0.4) is 0 Å². The number of carbonyl (C=O) groups is 1. The summed E-state index contributed by atoms with van der Waals surface area (Å²) >= 11 is 14.7. The van der Waals surface area contributed by atoms with Crippen molar-refractivity contribution in [3.63, 3.8) is 0 Å². The molecule has 2 aromatic rings. The lowest BCUT2D eigenvalue weighted by Crippen LogP contribution is -2.19. The molecule has 1 aromatic heterocycles. The minimum absolute atomic E-state index is 0.153. The lowest BCUT2D eigenvalue weighted by atomic mass is 10.3. The number of rotatable bonds is 2. The molecule has 106 valence electrons. The maximum Gasteiger partial charge on any atom is 0.264 e. The standard InChI is InChI=1S/C14H8Cl2N2OS2/c15-8-4-9(16)6-10(5-8)17-14-18-13(19)12(21-14)7-11-2-1-3-20-11/h1-7H,(H,17,18,19)/b12-7+. The number of hydrogen-bond donors (Lipinski definition) is 1. The van der Waals surface area contributed by atoms with Gasteiger partial charge in [-0.05, 0) is 47.5 Å². The monoisotopic (exact) mass is 354 g/mol. The van der Waals surface area contributed by atoms with E-state index in [-0.39, 0.29) is 5.91 Å². The molecule has 1 aliphatic heterocycles. The van der Waals surface area contributed by atoms with Crippen molar-refractivity contribution in [1.82, 2.24) is 5.32 Å². The summed E-state index contributed by atoms with van der Waals surface area (Å²) < 4.78 is 0. The van der Waals surface area contributed by atoms with Gasteiger partial charge in [0.2, 0.25) is 0 Å². The molecule has 21 heavy (non-hydrogen) atoms. The van der Waals surface area contributed by atoms with E-state index in [0.717, 1.165) is 4.88 Å². The molecule has 7 heteroatoms. The Morgan fingerprint density at radius 2 is 1.95 bits per heavy atom. The van der Waals surface area contributed by atoms with Crippen LogP contribution < -0.4 is 5.32 Å². The largest absolute Gasteiger partial charge is 0.300 e. The van der Waals surface area contributed by atoms with Crippen LogP contribution >= 0.6 is 46.3 Å². The molecular formula is C14H8Cl2N2OS2. The van der Waals surface area contributed by atoms with Crippen LogP contribution in [0.5, 0.6) is 0 Å². The summed E-state index contributed by atoms with van der Waals surface area (Å²) in [5.74, 6) is -0.153. The quantitative estimate of drug-likeness (QED) is 0.775. The second-order valence-corrected chi connectivity index (χ2v) is 7.01. The van der Waals surface area contributed by atoms with Gasteiger partial charge in [-0.2, -0.15) is 0 Å². The lowest BCUT2D eigenvalue weighted by molar-refractivity contribution is -0.115. The molecule has 0 radical (unpaired) electrons. The predicted molar refractivity (Wildman–Crippen MR) is 91.6 cm³/mol. The Morgan fingerprint density at radius 1 is 1.19 bits per heavy atom. The zero-order valence-electron chi connectivity index (χ0n) is 10.5. The molecule has 1 aromatic carbocycles. The Kier molecular flexibility index (Phi) is 4.35. The van der Waals surface area contributed by atoms with Crippen molar-refractivity contribution < 1.29 is 4.79 Å². The van der Waals surface area contributed by atoms with Gasteiger partial charge in [0, 0.05) is 14.9 Å². The molecule has 3 nitrogen and oxygen atoms in total. The number of thioether (sulfide) groups is 1. The normalized spacial score (nSPS) is 18.5. The summed E-state index contributed by atoms with van der Waals surface area (Å²) in [5, 5.41) is 6.22. The first kappa shape index (κ1) is 14.7. The van der Waals surface area contributed by atoms with Crippen LogP contribution in [0.2, 0.25) is 10.0 Å². The summed E-state index contributed by atoms with van der Waals surface area (Å²) in [6, 6.07) is 8.91. The van der Waals surface area contributed by atoms with Crippen molar-refractivity contribution in [2.75, 3.05) is 0 Å². The molecule has 1 fully saturated rings. The van der Waals surface area contributed by atoms with Gasteiger partial charge in [-0.15, -0.1) is 11.3 Å². The zero-order valence-corrected chi connectivity index (χ0v) is 13.6. The molecular weight excluding hydrogens is 347 g/mol. The number of thiophene rings is 1. The number of hydrogen-bond acceptors (Lipinski definition) is 4. The molecule has 0 spiro atoms. The number of nitrogens with zero attached hydrogens (tertiary/aromatic N) is 1. The van der Waals surface area contributed by atoms with Gasteiger partial charge in [0.1, 0.15) is 0 Å². The van der Waals surface area contributed by atoms with Crippen LogP contribution in [-0.2, 0) is 4.79 Å². The first-order chi connectivity index (χ1) is 10.1. The van der Waals surface area contributed by atoms with E-state index < -0.39 is 0 Å². The fraction of sp³-hybridized carbons (Fsp3) is 0. The number of aliphatic imine (C=N–C) groups is 1. The molecule has 0 aliphatic carbocycles. The summed E-state index contributed by atoms with van der Waals surface area (Å²) in [6.07, 6.45) is 1.85. The smallest absolute Gasteiger partial charge is 0.264 e. The minimum Gasteiger partial charge on any atom is -0.300 e. The van der Waals surface area contributed by atoms with Crippen LogP contribution in [0.15, 0.2) is 45.6 Å². The van der Waals surface area contributed by atoms with Crippen molar-refractivity contribution in [2.45, 2.75) is 0 Å². The summed E-state index contributed by atoms with van der Waals surface area (Å²) in [6.45, 7) is 0. The average molecular weight is 355 g/mol. The molecule has 1 saturated heterocycles. The SMILES string of the molecule is O=C1NC(=Nc2cc(Cl)cc(Cl)c2)S/C1=C/c1cccs1. The van der Waals surface area contributed by atoms with Gasteiger partial charge in [0.15, 0.2) is 5.17 Å². The molecule has 0 atom stereocenters. The van der Waals surface area contributed by atoms with Gasteiger partial charge in [0.25, 0.3) is 5.91 Å². The van der Waals surface area contributed by atoms with E-state index in [1.807, 2.05) is 23.6 Å². The van der Waals surface area contributed by atoms with Crippen LogP contribution in [0.25, 0.3) is 6.08 Å². The van der Waals surface area contributed by atoms with Crippen LogP contribution in [0.1, 0.15) is 4.88 Å². The van der Waals surface area contributed by atoms with E-state index in [0.29, 0.717) is 25.8 Å². The van der Waals surface area contributed by atoms with E-state index in [1.54, 1.807) is 29.5 Å². The van der Waals surface area contributed by atoms with Gasteiger partial charge in [-0.25, -0.2) is 4.99 Å². The number of amides is 1. The maximum atomic E-state index is 11.9. The Hall–Kier alpha value is -1.27. The summed E-state index contributed by atoms with van der Waals surface area (Å²) in [7, 11) is 0. The summed E-state index contributed by atoms with van der Waals surface area (Å²) in [5.41, 5.74) is 0.604. The van der Waals surface area contributed by atoms with Gasteiger partial charge in [-0.1, -0.05) is 29.3 Å². The first-order valence-corrected chi connectivity index (χ1v) is 8.34. The highest BCUT2D eigenvalue weighted by Crippen LogP contribution is 2.30. The average Bonchev–Trinajstić information content (AvgIpc) is 3.00. The third-order valence-corrected chi connectivity index (χ3v) is 4.71. The van der Waals surface area contributed by atoms with E-state index in [2.05, 4.69) is 10.3 Å². The lowest BCUT2D eigenvalue weighted by Gasteiger charge is -1.98. The molecule has 0 saturated carbocycles. The summed E-state index contributed by atoms with van der Waals surface area (Å²) in [4.78, 5) is 17.9. The number of nitrogens with one attached hydrogen (secondary N) is 1. The third-order valence-electron chi connectivity index (χ3n) is 2.55. The first-order valence-electron chi connectivity index (χ1n) is 5.89. The zero-order chi connectivity index (χ0) is 14.8. The Balaban J connectivity index is 1.85. The van der Waals surface area contributed by atoms with Crippen molar-refractivity contribution in [2.24, 2.45) is 4.99 Å². The maximum absolute atomic E-state index is 11.9. The van der Waals surface area contributed by atoms with Crippen molar-refractivity contribution in [3.8, 4) is 0 Å². The minimum atomic E-state index is -0.153. The molecule has 0 bridgehead atoms. The van der Waals surface area contributed by atoms with Crippen LogP contribution in [0, 0.1) is 0 Å². The molecule has 1 N–H and O–H groups in total. The van der Waals surface area contributed by atoms with Crippen LogP contribution in [0.4, 0.5) is 5.69 Å². The van der Waals surface area contributed by atoms with Gasteiger partial charge < -0.3 is 5.32 Å². The Bertz CT molecular complexity index is 734. The second-order valence-electron chi connectivity index (χ2n) is 4.12. The van der Waals surface area contributed by atoms with Gasteiger partial charge in [-0.3, -0.25) is 4.79 Å². The predicted octanol–water partition coefficient (Wildman–Crippen LogP) is 4.95. The molecule has 0 unspecified atom stereocenters. The molecule has 1 amide bonds. The topological polar surface area (TPSA) is 41.5 Å². The van der Waals surface area contributed by atoms with E-state index in [9.17, 15) is 4.79 Å². The highest BCUT2D eigenvalue weighted by Gasteiger charge is 2.23. The van der Waals surface area contributed by atoms with E-state index in [1.165, 1.54) is 11.8 Å². The van der Waals surface area contributed by atoms with Crippen molar-refractivity contribution in [1.29, 1.82) is 0 Å². The highest BCUT2D eigenvalue weighted by atomic mass is 35.5. The molecule has 1 aliphatic rings. The Morgan fingerprint density at radius 3 is 2.62 bits per heavy atom. The fourth-order valence-electron chi connectivity index (χ4n) is 1.70. The fourth-order valence-corrected chi connectivity index (χ4v) is 3.78. The van der Waals surface area contributed by atoms with E-state index >= 15 is 0 Å². The van der Waals surface area contributed by atoms with Gasteiger partial charge in [0.05, 0.1) is 10.6 Å². The Labute approximate surface area is 139 Å². The number of benzene rings is 1. The van der Waals surface area contributed by atoms with Crippen molar-refractivity contribution >= 4 is 69.1 Å². The number of halogens is 2. The molecule has 2 heterocycles. The number of carbonyl (C=O) groups excluding carboxylic acids is 1. The number of amidine groups is 1. The molecule has 3 rings (SSSR count). The highest BCUT2D eigenvalue weighted by molar-refractivity contribution is 8.18. The second kappa shape index (κ2) is 6.23. The van der Waals surface area contributed by atoms with Crippen molar-refractivity contribution in [3.05, 3.63) is 55.5 Å². The van der Waals surface area contributed by atoms with E-state index in [4.69, 9.17) is 23.2 Å².